The Bertz CT molecular complexity index is 894. The highest BCUT2D eigenvalue weighted by molar-refractivity contribution is 5.97. The summed E-state index contributed by atoms with van der Waals surface area (Å²) in [4.78, 5) is 39.8. The van der Waals surface area contributed by atoms with Gasteiger partial charge in [-0.3, -0.25) is 14.2 Å². The van der Waals surface area contributed by atoms with E-state index in [1.807, 2.05) is 0 Å². The minimum atomic E-state index is -0.435. The molecule has 0 spiro atoms. The van der Waals surface area contributed by atoms with Gasteiger partial charge in [-0.1, -0.05) is 19.8 Å². The Labute approximate surface area is 151 Å². The summed E-state index contributed by atoms with van der Waals surface area (Å²) in [6.07, 6.45) is 4.80. The number of nitrogens with one attached hydrogen (secondary N) is 2. The SMILES string of the molecule is CCCCCn1c(=O)[nH]c2cc(C(=O)NCC3CCCO3)ccc2c1=O. The molecule has 1 unspecified atom stereocenters. The van der Waals surface area contributed by atoms with E-state index in [1.54, 1.807) is 18.2 Å². The smallest absolute Gasteiger partial charge is 0.328 e. The molecular weight excluding hydrogens is 334 g/mol. The Morgan fingerprint density at radius 1 is 1.35 bits per heavy atom. The number of unbranched alkanes of at least 4 members (excludes halogenated alkanes) is 2. The molecule has 1 aromatic heterocycles. The van der Waals surface area contributed by atoms with Crippen LogP contribution in [0, 0.1) is 0 Å². The van der Waals surface area contributed by atoms with Gasteiger partial charge >= 0.3 is 5.69 Å². The predicted octanol–water partition coefficient (Wildman–Crippen LogP) is 1.79. The van der Waals surface area contributed by atoms with E-state index in [0.717, 1.165) is 38.7 Å². The number of rotatable bonds is 7. The molecule has 0 bridgehead atoms. The van der Waals surface area contributed by atoms with Crippen LogP contribution in [-0.2, 0) is 11.3 Å². The fraction of sp³-hybridized carbons (Fsp3) is 0.526. The van der Waals surface area contributed by atoms with E-state index >= 15 is 0 Å². The van der Waals surface area contributed by atoms with Crippen molar-refractivity contribution in [3.63, 3.8) is 0 Å². The Balaban J connectivity index is 1.80. The molecule has 1 aliphatic rings. The Morgan fingerprint density at radius 3 is 2.92 bits per heavy atom. The number of carbonyl (C=O) groups excluding carboxylic acids is 1. The van der Waals surface area contributed by atoms with E-state index in [4.69, 9.17) is 4.74 Å². The van der Waals surface area contributed by atoms with Crippen molar-refractivity contribution in [3.05, 3.63) is 44.6 Å². The summed E-state index contributed by atoms with van der Waals surface area (Å²) >= 11 is 0. The lowest BCUT2D eigenvalue weighted by atomic mass is 10.1. The molecule has 1 amide bonds. The maximum absolute atomic E-state index is 12.6. The molecule has 0 radical (unpaired) electrons. The van der Waals surface area contributed by atoms with Crippen molar-refractivity contribution in [2.24, 2.45) is 0 Å². The second kappa shape index (κ2) is 8.31. The molecule has 1 atom stereocenters. The van der Waals surface area contributed by atoms with Gasteiger partial charge in [0.1, 0.15) is 0 Å². The molecule has 1 aliphatic heterocycles. The zero-order valence-electron chi connectivity index (χ0n) is 15.0. The predicted molar refractivity (Wildman–Crippen MR) is 99.7 cm³/mol. The van der Waals surface area contributed by atoms with Gasteiger partial charge in [0.15, 0.2) is 0 Å². The lowest BCUT2D eigenvalue weighted by molar-refractivity contribution is 0.0858. The third-order valence-electron chi connectivity index (χ3n) is 4.74. The van der Waals surface area contributed by atoms with Gasteiger partial charge in [0.05, 0.1) is 17.0 Å². The molecule has 2 heterocycles. The van der Waals surface area contributed by atoms with E-state index in [-0.39, 0.29) is 17.6 Å². The highest BCUT2D eigenvalue weighted by atomic mass is 16.5. The Hall–Kier alpha value is -2.41. The number of hydrogen-bond donors (Lipinski definition) is 2. The molecule has 2 aromatic rings. The van der Waals surface area contributed by atoms with Gasteiger partial charge in [-0.2, -0.15) is 0 Å². The van der Waals surface area contributed by atoms with Crippen LogP contribution in [-0.4, -0.2) is 34.7 Å². The van der Waals surface area contributed by atoms with Crippen molar-refractivity contribution in [2.75, 3.05) is 13.2 Å². The van der Waals surface area contributed by atoms with Crippen LogP contribution in [0.2, 0.25) is 0 Å². The van der Waals surface area contributed by atoms with Gasteiger partial charge in [-0.05, 0) is 37.5 Å². The van der Waals surface area contributed by atoms with Crippen molar-refractivity contribution >= 4 is 16.8 Å². The largest absolute Gasteiger partial charge is 0.376 e. The zero-order chi connectivity index (χ0) is 18.5. The molecule has 7 nitrogen and oxygen atoms in total. The number of aromatic amines is 1. The Kier molecular flexibility index (Phi) is 5.88. The zero-order valence-corrected chi connectivity index (χ0v) is 15.0. The number of ether oxygens (including phenoxy) is 1. The average Bonchev–Trinajstić information content (AvgIpc) is 3.15. The minimum Gasteiger partial charge on any atom is -0.376 e. The molecule has 7 heteroatoms. The molecule has 1 fully saturated rings. The first-order valence-corrected chi connectivity index (χ1v) is 9.27. The van der Waals surface area contributed by atoms with E-state index < -0.39 is 5.69 Å². The first-order chi connectivity index (χ1) is 12.6. The average molecular weight is 359 g/mol. The molecule has 0 aliphatic carbocycles. The van der Waals surface area contributed by atoms with Gasteiger partial charge in [0.25, 0.3) is 11.5 Å². The standard InChI is InChI=1S/C19H25N3O4/c1-2-3-4-9-22-18(24)15-8-7-13(11-16(15)21-19(22)25)17(23)20-12-14-6-5-10-26-14/h7-8,11,14H,2-6,9-10,12H2,1H3,(H,20,23)(H,21,25). The summed E-state index contributed by atoms with van der Waals surface area (Å²) < 4.78 is 6.72. The summed E-state index contributed by atoms with van der Waals surface area (Å²) in [5.74, 6) is -0.240. The van der Waals surface area contributed by atoms with Crippen LogP contribution in [0.5, 0.6) is 0 Å². The number of H-pyrrole nitrogens is 1. The molecule has 0 saturated carbocycles. The molecule has 1 saturated heterocycles. The van der Waals surface area contributed by atoms with E-state index in [9.17, 15) is 14.4 Å². The third-order valence-corrected chi connectivity index (χ3v) is 4.74. The second-order valence-corrected chi connectivity index (χ2v) is 6.70. The van der Waals surface area contributed by atoms with Crippen LogP contribution in [0.25, 0.3) is 10.9 Å². The van der Waals surface area contributed by atoms with E-state index in [1.165, 1.54) is 4.57 Å². The van der Waals surface area contributed by atoms with Crippen molar-refractivity contribution < 1.29 is 9.53 Å². The molecule has 2 N–H and O–H groups in total. The number of hydrogen-bond acceptors (Lipinski definition) is 4. The van der Waals surface area contributed by atoms with Crippen LogP contribution in [0.3, 0.4) is 0 Å². The summed E-state index contributed by atoms with van der Waals surface area (Å²) in [7, 11) is 0. The van der Waals surface area contributed by atoms with Gasteiger partial charge < -0.3 is 15.0 Å². The van der Waals surface area contributed by atoms with Crippen molar-refractivity contribution in [1.82, 2.24) is 14.9 Å². The summed E-state index contributed by atoms with van der Waals surface area (Å²) in [6.45, 7) is 3.68. The molecular formula is C19H25N3O4. The molecule has 26 heavy (non-hydrogen) atoms. The number of carbonyl (C=O) groups is 1. The first kappa shape index (κ1) is 18.4. The number of benzene rings is 1. The van der Waals surface area contributed by atoms with E-state index in [2.05, 4.69) is 17.2 Å². The fourth-order valence-electron chi connectivity index (χ4n) is 3.23. The lowest BCUT2D eigenvalue weighted by Crippen LogP contribution is -2.35. The molecule has 3 rings (SSSR count). The van der Waals surface area contributed by atoms with Crippen molar-refractivity contribution in [1.29, 1.82) is 0 Å². The number of amides is 1. The topological polar surface area (TPSA) is 93.2 Å². The van der Waals surface area contributed by atoms with Crippen LogP contribution >= 0.6 is 0 Å². The van der Waals surface area contributed by atoms with Crippen molar-refractivity contribution in [2.45, 2.75) is 51.7 Å². The second-order valence-electron chi connectivity index (χ2n) is 6.70. The number of nitrogens with zero attached hydrogens (tertiary/aromatic N) is 1. The quantitative estimate of drug-likeness (QED) is 0.737. The van der Waals surface area contributed by atoms with Gasteiger partial charge in [0.2, 0.25) is 0 Å². The number of fused-ring (bicyclic) bond motifs is 1. The van der Waals surface area contributed by atoms with Gasteiger partial charge in [-0.15, -0.1) is 0 Å². The van der Waals surface area contributed by atoms with Gasteiger partial charge in [-0.25, -0.2) is 4.79 Å². The lowest BCUT2D eigenvalue weighted by Gasteiger charge is -2.11. The summed E-state index contributed by atoms with van der Waals surface area (Å²) in [6, 6.07) is 4.77. The van der Waals surface area contributed by atoms with E-state index in [0.29, 0.717) is 29.6 Å². The maximum Gasteiger partial charge on any atom is 0.328 e. The Morgan fingerprint density at radius 2 is 2.19 bits per heavy atom. The monoisotopic (exact) mass is 359 g/mol. The van der Waals surface area contributed by atoms with Crippen molar-refractivity contribution in [3.8, 4) is 0 Å². The maximum atomic E-state index is 12.6. The number of aromatic nitrogens is 2. The van der Waals surface area contributed by atoms with Crippen LogP contribution < -0.4 is 16.6 Å². The minimum absolute atomic E-state index is 0.0644. The highest BCUT2D eigenvalue weighted by Crippen LogP contribution is 2.12. The third kappa shape index (κ3) is 4.04. The van der Waals surface area contributed by atoms with Crippen LogP contribution in [0.4, 0.5) is 0 Å². The fourth-order valence-corrected chi connectivity index (χ4v) is 3.23. The molecule has 1 aromatic carbocycles. The van der Waals surface area contributed by atoms with Crippen LogP contribution in [0.1, 0.15) is 49.4 Å². The summed E-state index contributed by atoms with van der Waals surface area (Å²) in [5.41, 5.74) is 0.0486. The first-order valence-electron chi connectivity index (χ1n) is 9.27. The van der Waals surface area contributed by atoms with Gasteiger partial charge in [0, 0.05) is 25.3 Å². The molecule has 140 valence electrons. The summed E-state index contributed by atoms with van der Waals surface area (Å²) in [5, 5.41) is 3.25. The normalized spacial score (nSPS) is 16.9. The van der Waals surface area contributed by atoms with Crippen LogP contribution in [0.15, 0.2) is 27.8 Å². The highest BCUT2D eigenvalue weighted by Gasteiger charge is 2.17.